The van der Waals surface area contributed by atoms with Gasteiger partial charge in [0.25, 0.3) is 0 Å². The molecule has 0 aliphatic carbocycles. The van der Waals surface area contributed by atoms with E-state index in [1.165, 1.54) is 48.1 Å². The molecule has 0 radical (unpaired) electrons. The number of likely N-dealkylation sites (tertiary alicyclic amines) is 1. The molecule has 1 aliphatic heterocycles. The number of nitrogens with one attached hydrogen (secondary N) is 1. The van der Waals surface area contributed by atoms with Crippen LogP contribution in [0.4, 0.5) is 0 Å². The largest absolute Gasteiger partial charge is 0.339 e. The van der Waals surface area contributed by atoms with Gasteiger partial charge in [-0.05, 0) is 43.6 Å². The first-order valence-corrected chi connectivity index (χ1v) is 7.65. The van der Waals surface area contributed by atoms with Gasteiger partial charge in [-0.1, -0.05) is 30.3 Å². The second kappa shape index (κ2) is 5.34. The smallest absolute Gasteiger partial charge is 0.138 e. The fraction of sp³-hybridized carbons (Fsp3) is 0.278. The predicted octanol–water partition coefficient (Wildman–Crippen LogP) is 3.83. The van der Waals surface area contributed by atoms with Gasteiger partial charge in [0, 0.05) is 23.7 Å². The fourth-order valence-electron chi connectivity index (χ4n) is 3.26. The Morgan fingerprint density at radius 1 is 1.00 bits per heavy atom. The van der Waals surface area contributed by atoms with Gasteiger partial charge >= 0.3 is 0 Å². The maximum Gasteiger partial charge on any atom is 0.138 e. The van der Waals surface area contributed by atoms with Gasteiger partial charge in [0.15, 0.2) is 0 Å². The third kappa shape index (κ3) is 2.34. The first-order valence-electron chi connectivity index (χ1n) is 7.65. The van der Waals surface area contributed by atoms with Gasteiger partial charge < -0.3 is 4.98 Å². The number of rotatable bonds is 3. The first-order chi connectivity index (χ1) is 10.4. The summed E-state index contributed by atoms with van der Waals surface area (Å²) in [5.74, 6) is 0. The molecule has 1 aliphatic rings. The van der Waals surface area contributed by atoms with Crippen LogP contribution < -0.4 is 0 Å². The second-order valence-electron chi connectivity index (χ2n) is 5.73. The average molecular weight is 277 g/mol. The van der Waals surface area contributed by atoms with Crippen molar-refractivity contribution in [3.8, 4) is 11.3 Å². The molecule has 0 unspecified atom stereocenters. The molecule has 0 saturated carbocycles. The molecule has 0 bridgehead atoms. The van der Waals surface area contributed by atoms with Crippen LogP contribution in [0.15, 0.2) is 48.7 Å². The highest BCUT2D eigenvalue weighted by Gasteiger charge is 2.18. The van der Waals surface area contributed by atoms with E-state index in [0.717, 1.165) is 12.2 Å². The molecule has 0 amide bonds. The molecular weight excluding hydrogens is 258 g/mol. The van der Waals surface area contributed by atoms with Crippen LogP contribution >= 0.6 is 0 Å². The third-order valence-electron chi connectivity index (χ3n) is 4.32. The van der Waals surface area contributed by atoms with E-state index < -0.39 is 0 Å². The molecule has 4 rings (SSSR count). The quantitative estimate of drug-likeness (QED) is 0.789. The van der Waals surface area contributed by atoms with Crippen LogP contribution in [0.25, 0.3) is 22.3 Å². The van der Waals surface area contributed by atoms with E-state index in [1.54, 1.807) is 0 Å². The molecule has 21 heavy (non-hydrogen) atoms. The summed E-state index contributed by atoms with van der Waals surface area (Å²) in [5, 5.41) is 1.25. The highest BCUT2D eigenvalue weighted by molar-refractivity contribution is 5.88. The van der Waals surface area contributed by atoms with Crippen molar-refractivity contribution in [2.24, 2.45) is 0 Å². The number of hydrogen-bond acceptors (Lipinski definition) is 2. The Labute approximate surface area is 124 Å². The predicted molar refractivity (Wildman–Crippen MR) is 86.0 cm³/mol. The Morgan fingerprint density at radius 3 is 2.62 bits per heavy atom. The summed E-state index contributed by atoms with van der Waals surface area (Å²) in [6.07, 6.45) is 4.50. The van der Waals surface area contributed by atoms with Crippen LogP contribution in [-0.2, 0) is 6.54 Å². The molecule has 3 heteroatoms. The number of pyridine rings is 1. The van der Waals surface area contributed by atoms with Crippen LogP contribution in [0.3, 0.4) is 0 Å². The lowest BCUT2D eigenvalue weighted by Gasteiger charge is -2.15. The summed E-state index contributed by atoms with van der Waals surface area (Å²) in [5.41, 5.74) is 4.83. The third-order valence-corrected chi connectivity index (χ3v) is 4.32. The van der Waals surface area contributed by atoms with E-state index in [9.17, 15) is 0 Å². The zero-order chi connectivity index (χ0) is 14.1. The van der Waals surface area contributed by atoms with Gasteiger partial charge in [0.05, 0.1) is 5.69 Å². The number of aromatic nitrogens is 2. The zero-order valence-electron chi connectivity index (χ0n) is 12.0. The van der Waals surface area contributed by atoms with Crippen molar-refractivity contribution in [3.05, 3.63) is 54.2 Å². The van der Waals surface area contributed by atoms with E-state index in [1.807, 2.05) is 12.3 Å². The van der Waals surface area contributed by atoms with Crippen molar-refractivity contribution in [3.63, 3.8) is 0 Å². The fourth-order valence-corrected chi connectivity index (χ4v) is 3.26. The van der Waals surface area contributed by atoms with E-state index in [4.69, 9.17) is 0 Å². The molecule has 1 saturated heterocycles. The van der Waals surface area contributed by atoms with Crippen LogP contribution in [0.1, 0.15) is 18.4 Å². The molecule has 3 nitrogen and oxygen atoms in total. The lowest BCUT2D eigenvalue weighted by atomic mass is 10.1. The molecule has 3 heterocycles. The Morgan fingerprint density at radius 2 is 1.81 bits per heavy atom. The van der Waals surface area contributed by atoms with Crippen molar-refractivity contribution >= 4 is 11.0 Å². The maximum atomic E-state index is 4.49. The first kappa shape index (κ1) is 12.6. The highest BCUT2D eigenvalue weighted by atomic mass is 15.1. The normalized spacial score (nSPS) is 15.8. The van der Waals surface area contributed by atoms with Crippen molar-refractivity contribution < 1.29 is 0 Å². The van der Waals surface area contributed by atoms with Crippen molar-refractivity contribution in [2.75, 3.05) is 13.1 Å². The Hall–Kier alpha value is -2.13. The van der Waals surface area contributed by atoms with Gasteiger partial charge in [-0.3, -0.25) is 4.90 Å². The van der Waals surface area contributed by atoms with Crippen molar-refractivity contribution in [2.45, 2.75) is 19.4 Å². The van der Waals surface area contributed by atoms with Gasteiger partial charge in [0.1, 0.15) is 5.65 Å². The van der Waals surface area contributed by atoms with E-state index in [0.29, 0.717) is 0 Å². The van der Waals surface area contributed by atoms with Gasteiger partial charge in [-0.25, -0.2) is 4.98 Å². The average Bonchev–Trinajstić information content (AvgIpc) is 3.17. The summed E-state index contributed by atoms with van der Waals surface area (Å²) < 4.78 is 0. The van der Waals surface area contributed by atoms with Crippen molar-refractivity contribution in [1.29, 1.82) is 0 Å². The van der Waals surface area contributed by atoms with Crippen LogP contribution in [0.5, 0.6) is 0 Å². The summed E-state index contributed by atoms with van der Waals surface area (Å²) in [4.78, 5) is 10.5. The Bertz CT molecular complexity index is 740. The molecule has 106 valence electrons. The van der Waals surface area contributed by atoms with E-state index in [-0.39, 0.29) is 0 Å². The Balaban J connectivity index is 1.84. The van der Waals surface area contributed by atoms with Crippen LogP contribution in [0.2, 0.25) is 0 Å². The number of benzene rings is 1. The van der Waals surface area contributed by atoms with Gasteiger partial charge in [0.2, 0.25) is 0 Å². The maximum absolute atomic E-state index is 4.49. The van der Waals surface area contributed by atoms with Crippen LogP contribution in [-0.4, -0.2) is 28.0 Å². The van der Waals surface area contributed by atoms with E-state index >= 15 is 0 Å². The summed E-state index contributed by atoms with van der Waals surface area (Å²) in [6.45, 7) is 3.43. The highest BCUT2D eigenvalue weighted by Crippen LogP contribution is 2.31. The molecule has 1 aromatic carbocycles. The summed E-state index contributed by atoms with van der Waals surface area (Å²) in [7, 11) is 0. The minimum Gasteiger partial charge on any atom is -0.339 e. The van der Waals surface area contributed by atoms with Gasteiger partial charge in [-0.2, -0.15) is 0 Å². The number of hydrogen-bond donors (Lipinski definition) is 1. The topological polar surface area (TPSA) is 31.9 Å². The number of fused-ring (bicyclic) bond motifs is 1. The monoisotopic (exact) mass is 277 g/mol. The van der Waals surface area contributed by atoms with Crippen molar-refractivity contribution in [1.82, 2.24) is 14.9 Å². The molecular formula is C18H19N3. The summed E-state index contributed by atoms with van der Waals surface area (Å²) >= 11 is 0. The minimum atomic E-state index is 0.991. The Kier molecular flexibility index (Phi) is 3.20. The number of nitrogens with zero attached hydrogens (tertiary/aromatic N) is 2. The molecule has 3 aromatic rings. The second-order valence-corrected chi connectivity index (χ2v) is 5.73. The minimum absolute atomic E-state index is 0.991. The van der Waals surface area contributed by atoms with Crippen LogP contribution in [0, 0.1) is 0 Å². The molecule has 1 N–H and O–H groups in total. The number of H-pyrrole nitrogens is 1. The SMILES string of the molecule is c1ccc(-c2[nH]c3ncccc3c2CN2CCCC2)cc1. The lowest BCUT2D eigenvalue weighted by molar-refractivity contribution is 0.333. The lowest BCUT2D eigenvalue weighted by Crippen LogP contribution is -2.18. The number of aromatic amines is 1. The standard InChI is InChI=1S/C18H19N3/c1-2-7-14(8-3-1)17-16(13-21-11-4-5-12-21)15-9-6-10-19-18(15)20-17/h1-3,6-10H,4-5,11-13H2,(H,19,20). The molecule has 0 atom stereocenters. The molecule has 1 fully saturated rings. The van der Waals surface area contributed by atoms with Gasteiger partial charge in [-0.15, -0.1) is 0 Å². The molecule has 0 spiro atoms. The zero-order valence-corrected chi connectivity index (χ0v) is 12.0. The van der Waals surface area contributed by atoms with E-state index in [2.05, 4.69) is 51.3 Å². The molecule has 2 aromatic heterocycles. The summed E-state index contributed by atoms with van der Waals surface area (Å²) in [6, 6.07) is 14.8.